The smallest absolute Gasteiger partial charge is 0.361 e. The van der Waals surface area contributed by atoms with E-state index in [1.165, 1.54) is 109 Å². The van der Waals surface area contributed by atoms with Crippen LogP contribution in [-0.4, -0.2) is 87.4 Å². The monoisotopic (exact) mass is 1150 g/mol. The molecule has 0 amide bonds. The molecule has 2 atom stereocenters. The Labute approximate surface area is 509 Å². The van der Waals surface area contributed by atoms with Crippen LogP contribution in [0, 0.1) is 0 Å². The van der Waals surface area contributed by atoms with Crippen molar-refractivity contribution < 1.29 is 42.9 Å². The van der Waals surface area contributed by atoms with E-state index in [9.17, 15) is 19.5 Å². The Morgan fingerprint density at radius 3 is 0.964 bits per heavy atom. The average molecular weight is 1160 g/mol. The molecule has 1 N–H and O–H groups in total. The van der Waals surface area contributed by atoms with E-state index in [0.29, 0.717) is 23.9 Å². The van der Waals surface area contributed by atoms with Crippen molar-refractivity contribution in [3.05, 3.63) is 134 Å². The minimum Gasteiger partial charge on any atom is -0.477 e. The maximum Gasteiger partial charge on any atom is 0.361 e. The van der Waals surface area contributed by atoms with E-state index in [-0.39, 0.29) is 32.2 Å². The molecule has 0 bridgehead atoms. The number of aliphatic carboxylic acids is 1. The van der Waals surface area contributed by atoms with Gasteiger partial charge in [-0.15, -0.1) is 0 Å². The summed E-state index contributed by atoms with van der Waals surface area (Å²) in [7, 11) is 5.96. The fraction of sp³-hybridized carbons (Fsp3) is 0.662. The number of hydrogen-bond acceptors (Lipinski definition) is 7. The molecule has 0 aliphatic heterocycles. The van der Waals surface area contributed by atoms with E-state index in [4.69, 9.17) is 18.9 Å². The van der Waals surface area contributed by atoms with Gasteiger partial charge < -0.3 is 28.5 Å². The van der Waals surface area contributed by atoms with E-state index in [0.717, 1.165) is 116 Å². The van der Waals surface area contributed by atoms with Gasteiger partial charge in [-0.3, -0.25) is 9.59 Å². The number of unbranched alkanes of at least 4 members (excludes halogenated alkanes) is 23. The highest BCUT2D eigenvalue weighted by Gasteiger charge is 2.25. The second-order valence-corrected chi connectivity index (χ2v) is 23.0. The Bertz CT molecular complexity index is 1820. The van der Waals surface area contributed by atoms with Crippen LogP contribution in [0.15, 0.2) is 134 Å². The van der Waals surface area contributed by atoms with E-state index < -0.39 is 24.3 Å². The van der Waals surface area contributed by atoms with Gasteiger partial charge in [0.1, 0.15) is 13.2 Å². The van der Waals surface area contributed by atoms with Crippen LogP contribution in [0.1, 0.15) is 258 Å². The van der Waals surface area contributed by atoms with Gasteiger partial charge in [0.05, 0.1) is 34.4 Å². The molecule has 0 aromatic heterocycles. The molecule has 0 spiro atoms. The lowest BCUT2D eigenvalue weighted by Crippen LogP contribution is -2.40. The second kappa shape index (κ2) is 63.5. The number of rotatable bonds is 60. The molecular formula is C74H124NO8+. The SMILES string of the molecule is CC/C=C\C/C=C\C/C=C\C/C=C\C/C=C\C/C=C\CCCCCCC(=O)OC(COC(=O)CCCCCCCCCCCCCCCCCCCCC/C=C\C/C=C\C/C=C\C/C=C\C/C=C\CC)COC(OCC[N+](C)(C)C)C(=O)O. The zero-order valence-electron chi connectivity index (χ0n) is 53.8. The van der Waals surface area contributed by atoms with Crippen LogP contribution in [0.3, 0.4) is 0 Å². The van der Waals surface area contributed by atoms with Crippen molar-refractivity contribution in [2.45, 2.75) is 270 Å². The maximum absolute atomic E-state index is 12.9. The zero-order chi connectivity index (χ0) is 60.5. The second-order valence-electron chi connectivity index (χ2n) is 23.0. The summed E-state index contributed by atoms with van der Waals surface area (Å²) in [5, 5.41) is 9.73. The molecule has 9 heteroatoms. The zero-order valence-corrected chi connectivity index (χ0v) is 53.8. The Hall–Kier alpha value is -4.57. The van der Waals surface area contributed by atoms with E-state index in [1.54, 1.807) is 0 Å². The lowest BCUT2D eigenvalue weighted by Gasteiger charge is -2.25. The van der Waals surface area contributed by atoms with Crippen molar-refractivity contribution in [2.75, 3.05) is 47.5 Å². The molecule has 472 valence electrons. The minimum atomic E-state index is -1.53. The van der Waals surface area contributed by atoms with Gasteiger partial charge >= 0.3 is 17.9 Å². The Balaban J connectivity index is 4.15. The third kappa shape index (κ3) is 64.8. The predicted molar refractivity (Wildman–Crippen MR) is 354 cm³/mol. The Morgan fingerprint density at radius 1 is 0.361 bits per heavy atom. The van der Waals surface area contributed by atoms with Gasteiger partial charge in [0.25, 0.3) is 6.29 Å². The van der Waals surface area contributed by atoms with Crippen molar-refractivity contribution >= 4 is 17.9 Å². The number of likely N-dealkylation sites (N-methyl/N-ethyl adjacent to an activating group) is 1. The van der Waals surface area contributed by atoms with Gasteiger partial charge in [0.15, 0.2) is 6.10 Å². The molecule has 0 rings (SSSR count). The van der Waals surface area contributed by atoms with Crippen molar-refractivity contribution in [3.8, 4) is 0 Å². The lowest BCUT2D eigenvalue weighted by atomic mass is 10.0. The van der Waals surface area contributed by atoms with Crippen molar-refractivity contribution in [1.29, 1.82) is 0 Å². The number of allylic oxidation sites excluding steroid dienone is 22. The lowest BCUT2D eigenvalue weighted by molar-refractivity contribution is -0.870. The van der Waals surface area contributed by atoms with Gasteiger partial charge in [0.2, 0.25) is 0 Å². The molecule has 0 radical (unpaired) electrons. The van der Waals surface area contributed by atoms with Crippen LogP contribution in [-0.2, 0) is 33.3 Å². The fourth-order valence-electron chi connectivity index (χ4n) is 8.87. The Morgan fingerprint density at radius 2 is 0.651 bits per heavy atom. The number of ether oxygens (including phenoxy) is 4. The highest BCUT2D eigenvalue weighted by Crippen LogP contribution is 2.16. The molecule has 0 heterocycles. The standard InChI is InChI=1S/C74H123NO8/c1-6-8-10-12-14-16-18-20-22-24-26-28-30-31-32-33-34-35-36-37-38-39-40-41-43-44-46-48-50-52-54-56-58-60-62-64-71(76)81-68-70(69-82-74(73(78)79)80-67-66-75(3,4)5)83-72(77)65-63-61-59-57-55-53-51-49-47-45-42-29-27-25-23-21-19-17-15-13-11-9-7-2/h8-11,14-17,20-23,26-29,31-32,45,47,51,53,70,74H,6-7,12-13,18-19,24-25,30,33-44,46,48-50,52,54-69H2,1-5H3/p+1/b10-8-,11-9-,16-14-,17-15-,22-20-,23-21-,28-26-,29-27-,32-31-,47-45-,53-51-. The molecule has 0 aliphatic carbocycles. The molecule has 0 saturated heterocycles. The van der Waals surface area contributed by atoms with Gasteiger partial charge in [-0.1, -0.05) is 270 Å². The normalized spacial score (nSPS) is 13.6. The van der Waals surface area contributed by atoms with Crippen LogP contribution < -0.4 is 0 Å². The molecule has 2 unspecified atom stereocenters. The molecule has 9 nitrogen and oxygen atoms in total. The number of carbonyl (C=O) groups excluding carboxylic acids is 2. The molecule has 0 saturated carbocycles. The first-order chi connectivity index (χ1) is 40.6. The van der Waals surface area contributed by atoms with Crippen LogP contribution in [0.5, 0.6) is 0 Å². The molecule has 0 aromatic carbocycles. The quantitative estimate of drug-likeness (QED) is 0.0211. The fourth-order valence-corrected chi connectivity index (χ4v) is 8.87. The molecular weight excluding hydrogens is 1030 g/mol. The molecule has 0 fully saturated rings. The third-order valence-corrected chi connectivity index (χ3v) is 13.9. The van der Waals surface area contributed by atoms with Gasteiger partial charge in [0, 0.05) is 12.8 Å². The third-order valence-electron chi connectivity index (χ3n) is 13.9. The number of nitrogens with zero attached hydrogens (tertiary/aromatic N) is 1. The number of carboxylic acids is 1. The predicted octanol–water partition coefficient (Wildman–Crippen LogP) is 20.6. The highest BCUT2D eigenvalue weighted by atomic mass is 16.7. The van der Waals surface area contributed by atoms with Gasteiger partial charge in [-0.25, -0.2) is 4.79 Å². The summed E-state index contributed by atoms with van der Waals surface area (Å²) in [6, 6.07) is 0. The topological polar surface area (TPSA) is 108 Å². The molecule has 0 aromatic rings. The van der Waals surface area contributed by atoms with E-state index in [1.807, 2.05) is 21.1 Å². The summed E-state index contributed by atoms with van der Waals surface area (Å²) in [5.41, 5.74) is 0. The summed E-state index contributed by atoms with van der Waals surface area (Å²) in [4.78, 5) is 37.6. The van der Waals surface area contributed by atoms with Gasteiger partial charge in [-0.05, 0) is 109 Å². The maximum atomic E-state index is 12.9. The molecule has 83 heavy (non-hydrogen) atoms. The largest absolute Gasteiger partial charge is 0.477 e. The first-order valence-corrected chi connectivity index (χ1v) is 33.3. The highest BCUT2D eigenvalue weighted by molar-refractivity contribution is 5.71. The first-order valence-electron chi connectivity index (χ1n) is 33.3. The number of esters is 2. The summed E-state index contributed by atoms with van der Waals surface area (Å²) >= 11 is 0. The summed E-state index contributed by atoms with van der Waals surface area (Å²) < 4.78 is 22.9. The summed E-state index contributed by atoms with van der Waals surface area (Å²) in [5.74, 6) is -2.04. The first kappa shape index (κ1) is 78.4. The number of quaternary nitrogens is 1. The van der Waals surface area contributed by atoms with Crippen molar-refractivity contribution in [2.24, 2.45) is 0 Å². The van der Waals surface area contributed by atoms with Gasteiger partial charge in [-0.2, -0.15) is 0 Å². The van der Waals surface area contributed by atoms with Crippen molar-refractivity contribution in [3.63, 3.8) is 0 Å². The van der Waals surface area contributed by atoms with Crippen LogP contribution in [0.2, 0.25) is 0 Å². The van der Waals surface area contributed by atoms with Crippen LogP contribution in [0.25, 0.3) is 0 Å². The number of hydrogen-bond donors (Lipinski definition) is 1. The van der Waals surface area contributed by atoms with Crippen LogP contribution in [0.4, 0.5) is 0 Å². The van der Waals surface area contributed by atoms with Crippen molar-refractivity contribution in [1.82, 2.24) is 0 Å². The van der Waals surface area contributed by atoms with Crippen LogP contribution >= 0.6 is 0 Å². The van der Waals surface area contributed by atoms with E-state index >= 15 is 0 Å². The number of carboxylic acid groups (broad SMARTS) is 1. The van der Waals surface area contributed by atoms with E-state index in [2.05, 4.69) is 148 Å². The number of carbonyl (C=O) groups is 3. The molecule has 0 aliphatic rings. The average Bonchev–Trinajstić information content (AvgIpc) is 3.46. The minimum absolute atomic E-state index is 0.177. The summed E-state index contributed by atoms with van der Waals surface area (Å²) in [6.45, 7) is 4.62. The summed E-state index contributed by atoms with van der Waals surface area (Å²) in [6.07, 6.45) is 88.4. The Kier molecular flexibility index (Phi) is 60.0.